The van der Waals surface area contributed by atoms with E-state index in [0.717, 1.165) is 5.56 Å². The molecule has 3 rings (SSSR count). The number of nitrogens with one attached hydrogen (secondary N) is 1. The molecule has 41 heavy (non-hydrogen) atoms. The Labute approximate surface area is 246 Å². The highest BCUT2D eigenvalue weighted by molar-refractivity contribution is 6.40. The maximum absolute atomic E-state index is 13.0. The summed E-state index contributed by atoms with van der Waals surface area (Å²) < 4.78 is 5.15. The van der Waals surface area contributed by atoms with Gasteiger partial charge in [-0.3, -0.25) is 19.2 Å². The second-order valence-electron chi connectivity index (χ2n) is 9.02. The number of hydrogen-bond donors (Lipinski definition) is 4. The average Bonchev–Trinajstić information content (AvgIpc) is 2.93. The van der Waals surface area contributed by atoms with E-state index in [-0.39, 0.29) is 46.7 Å². The molecule has 214 valence electrons. The van der Waals surface area contributed by atoms with Gasteiger partial charge < -0.3 is 26.6 Å². The summed E-state index contributed by atoms with van der Waals surface area (Å²) in [6.07, 6.45) is -0.761. The molecule has 12 heteroatoms. The Morgan fingerprint density at radius 1 is 0.927 bits per heavy atom. The molecule has 0 saturated carbocycles. The molecule has 6 N–H and O–H groups in total. The Morgan fingerprint density at radius 3 is 2.17 bits per heavy atom. The number of carboxylic acid groups (broad SMARTS) is 1. The minimum absolute atomic E-state index is 0.00303. The van der Waals surface area contributed by atoms with Crippen LogP contribution in [-0.4, -0.2) is 48.2 Å². The second-order valence-corrected chi connectivity index (χ2v) is 9.83. The Balaban J connectivity index is 1.59. The second kappa shape index (κ2) is 14.3. The molecule has 3 aromatic carbocycles. The van der Waals surface area contributed by atoms with Crippen molar-refractivity contribution < 1.29 is 29.0 Å². The predicted molar refractivity (Wildman–Crippen MR) is 157 cm³/mol. The van der Waals surface area contributed by atoms with Gasteiger partial charge in [0.05, 0.1) is 34.3 Å². The minimum Gasteiger partial charge on any atom is -0.497 e. The zero-order chi connectivity index (χ0) is 30.1. The van der Waals surface area contributed by atoms with Gasteiger partial charge in [-0.25, -0.2) is 4.99 Å². The molecule has 0 radical (unpaired) electrons. The molecule has 0 unspecified atom stereocenters. The number of guanidine groups is 1. The van der Waals surface area contributed by atoms with E-state index in [1.807, 2.05) is 12.1 Å². The SMILES string of the molecule is COc1ccc(-c2cc(Cl)c(C(=O)C[C@@H](CNC(=O)CCC(=O)c3cccc(N=C(N)N)c3)C(=O)O)c(Cl)c2)cc1. The number of carbonyl (C=O) groups excluding carboxylic acids is 3. The van der Waals surface area contributed by atoms with Crippen molar-refractivity contribution in [1.82, 2.24) is 5.32 Å². The monoisotopic (exact) mass is 598 g/mol. The largest absolute Gasteiger partial charge is 0.497 e. The number of Topliss-reactive ketones (excluding diaryl/α,β-unsaturated/α-hetero) is 2. The smallest absolute Gasteiger partial charge is 0.308 e. The summed E-state index contributed by atoms with van der Waals surface area (Å²) >= 11 is 12.8. The van der Waals surface area contributed by atoms with E-state index in [2.05, 4.69) is 10.3 Å². The van der Waals surface area contributed by atoms with Gasteiger partial charge in [0.25, 0.3) is 0 Å². The van der Waals surface area contributed by atoms with Crippen molar-refractivity contribution in [3.8, 4) is 16.9 Å². The number of methoxy groups -OCH3 is 1. The van der Waals surface area contributed by atoms with Gasteiger partial charge in [0.1, 0.15) is 5.75 Å². The molecule has 3 aromatic rings. The lowest BCUT2D eigenvalue weighted by atomic mass is 9.96. The first-order valence-corrected chi connectivity index (χ1v) is 13.1. The van der Waals surface area contributed by atoms with Crippen LogP contribution in [0.2, 0.25) is 10.0 Å². The number of ketones is 2. The van der Waals surface area contributed by atoms with Crippen LogP contribution >= 0.6 is 23.2 Å². The maximum atomic E-state index is 13.0. The zero-order valence-corrected chi connectivity index (χ0v) is 23.5. The van der Waals surface area contributed by atoms with E-state index in [9.17, 15) is 24.3 Å². The topological polar surface area (TPSA) is 174 Å². The summed E-state index contributed by atoms with van der Waals surface area (Å²) in [5, 5.41) is 12.3. The lowest BCUT2D eigenvalue weighted by Crippen LogP contribution is -2.34. The fraction of sp³-hybridized carbons (Fsp3) is 0.207. The third-order valence-corrected chi connectivity index (χ3v) is 6.67. The molecule has 0 aliphatic rings. The molecule has 10 nitrogen and oxygen atoms in total. The van der Waals surface area contributed by atoms with Crippen LogP contribution in [0.3, 0.4) is 0 Å². The van der Waals surface area contributed by atoms with Crippen LogP contribution in [0.25, 0.3) is 11.1 Å². The normalized spacial score (nSPS) is 11.3. The van der Waals surface area contributed by atoms with Crippen LogP contribution in [-0.2, 0) is 9.59 Å². The van der Waals surface area contributed by atoms with Gasteiger partial charge in [-0.15, -0.1) is 0 Å². The summed E-state index contributed by atoms with van der Waals surface area (Å²) in [7, 11) is 1.55. The van der Waals surface area contributed by atoms with Crippen molar-refractivity contribution in [1.29, 1.82) is 0 Å². The van der Waals surface area contributed by atoms with Crippen LogP contribution in [0.1, 0.15) is 40.0 Å². The Morgan fingerprint density at radius 2 is 1.59 bits per heavy atom. The third kappa shape index (κ3) is 8.79. The van der Waals surface area contributed by atoms with Crippen LogP contribution in [0.4, 0.5) is 5.69 Å². The number of hydrogen-bond acceptors (Lipinski definition) is 6. The Kier molecular flexibility index (Phi) is 10.8. The number of carboxylic acids is 1. The zero-order valence-electron chi connectivity index (χ0n) is 22.0. The number of carbonyl (C=O) groups is 4. The molecule has 0 aliphatic carbocycles. The number of amides is 1. The number of benzene rings is 3. The van der Waals surface area contributed by atoms with Gasteiger partial charge in [-0.2, -0.15) is 0 Å². The minimum atomic E-state index is -1.28. The van der Waals surface area contributed by atoms with Crippen LogP contribution in [0.15, 0.2) is 65.7 Å². The van der Waals surface area contributed by atoms with Crippen molar-refractivity contribution >= 4 is 58.3 Å². The van der Waals surface area contributed by atoms with Crippen molar-refractivity contribution in [2.45, 2.75) is 19.3 Å². The molecule has 0 bridgehead atoms. The number of nitrogens with two attached hydrogens (primary N) is 2. The van der Waals surface area contributed by atoms with Gasteiger partial charge >= 0.3 is 5.97 Å². The highest BCUT2D eigenvalue weighted by Crippen LogP contribution is 2.34. The van der Waals surface area contributed by atoms with E-state index in [0.29, 0.717) is 22.6 Å². The fourth-order valence-electron chi connectivity index (χ4n) is 3.96. The molecule has 0 heterocycles. The summed E-state index contributed by atoms with van der Waals surface area (Å²) in [5.74, 6) is -3.46. The van der Waals surface area contributed by atoms with Crippen molar-refractivity contribution in [3.05, 3.63) is 81.8 Å². The molecular weight excluding hydrogens is 571 g/mol. The highest BCUT2D eigenvalue weighted by Gasteiger charge is 2.26. The number of rotatable bonds is 13. The van der Waals surface area contributed by atoms with Gasteiger partial charge in [-0.1, -0.05) is 47.5 Å². The number of nitrogens with zero attached hydrogens (tertiary/aromatic N) is 1. The number of aliphatic imine (C=N–C) groups is 1. The highest BCUT2D eigenvalue weighted by atomic mass is 35.5. The van der Waals surface area contributed by atoms with E-state index in [1.165, 1.54) is 6.07 Å². The first-order valence-electron chi connectivity index (χ1n) is 12.4. The molecule has 0 saturated heterocycles. The molecular formula is C29H28Cl2N4O6. The molecule has 1 atom stereocenters. The van der Waals surface area contributed by atoms with Gasteiger partial charge in [-0.05, 0) is 47.5 Å². The van der Waals surface area contributed by atoms with Crippen molar-refractivity contribution in [2.24, 2.45) is 22.4 Å². The predicted octanol–water partition coefficient (Wildman–Crippen LogP) is 4.63. The van der Waals surface area contributed by atoms with E-state index in [1.54, 1.807) is 49.6 Å². The third-order valence-electron chi connectivity index (χ3n) is 6.08. The summed E-state index contributed by atoms with van der Waals surface area (Å²) in [6.45, 7) is -0.326. The molecule has 0 aromatic heterocycles. The first-order chi connectivity index (χ1) is 19.5. The maximum Gasteiger partial charge on any atom is 0.308 e. The molecule has 0 aliphatic heterocycles. The van der Waals surface area contributed by atoms with Crippen molar-refractivity contribution in [3.63, 3.8) is 0 Å². The number of aliphatic carboxylic acids is 1. The fourth-order valence-corrected chi connectivity index (χ4v) is 4.65. The molecule has 1 amide bonds. The lowest BCUT2D eigenvalue weighted by Gasteiger charge is -2.15. The Hall–Kier alpha value is -4.41. The summed E-state index contributed by atoms with van der Waals surface area (Å²) in [4.78, 5) is 53.6. The lowest BCUT2D eigenvalue weighted by molar-refractivity contribution is -0.141. The summed E-state index contributed by atoms with van der Waals surface area (Å²) in [5.41, 5.74) is 12.9. The summed E-state index contributed by atoms with van der Waals surface area (Å²) in [6, 6.07) is 16.6. The Bertz CT molecular complexity index is 1460. The van der Waals surface area contributed by atoms with Gasteiger partial charge in [0.15, 0.2) is 17.5 Å². The van der Waals surface area contributed by atoms with Gasteiger partial charge in [0.2, 0.25) is 5.91 Å². The van der Waals surface area contributed by atoms with E-state index in [4.69, 9.17) is 39.4 Å². The van der Waals surface area contributed by atoms with Crippen LogP contribution in [0.5, 0.6) is 5.75 Å². The van der Waals surface area contributed by atoms with E-state index < -0.39 is 30.0 Å². The standard InChI is InChI=1S/C29H28Cl2N4O6/c1-41-21-7-5-16(6-8-21)18-12-22(30)27(23(31)13-18)25(37)14-19(28(39)40)15-34-26(38)10-9-24(36)17-3-2-4-20(11-17)35-29(32)33/h2-8,11-13,19H,9-10,14-15H2,1H3,(H,34,38)(H,39,40)(H4,32,33,35)/t19-/m0/s1. The first kappa shape index (κ1) is 31.1. The quantitative estimate of drug-likeness (QED) is 0.125. The van der Waals surface area contributed by atoms with Crippen molar-refractivity contribution in [2.75, 3.05) is 13.7 Å². The molecule has 0 fully saturated rings. The van der Waals surface area contributed by atoms with Crippen LogP contribution in [0, 0.1) is 5.92 Å². The van der Waals surface area contributed by atoms with Gasteiger partial charge in [0, 0.05) is 31.4 Å². The van der Waals surface area contributed by atoms with Crippen LogP contribution < -0.4 is 21.5 Å². The van der Waals surface area contributed by atoms with E-state index >= 15 is 0 Å². The number of halogens is 2. The molecule has 0 spiro atoms. The number of ether oxygens (including phenoxy) is 1. The average molecular weight is 599 g/mol.